The van der Waals surface area contributed by atoms with Gasteiger partial charge in [0.25, 0.3) is 5.91 Å². The molecule has 0 unspecified atom stereocenters. The van der Waals surface area contributed by atoms with Crippen LogP contribution < -0.4 is 10.6 Å². The Balaban J connectivity index is 1.45. The van der Waals surface area contributed by atoms with E-state index in [-0.39, 0.29) is 12.3 Å². The molecule has 0 aliphatic heterocycles. The van der Waals surface area contributed by atoms with Crippen LogP contribution in [-0.4, -0.2) is 43.9 Å². The fourth-order valence-corrected chi connectivity index (χ4v) is 1.95. The lowest BCUT2D eigenvalue weighted by Gasteiger charge is -2.06. The van der Waals surface area contributed by atoms with E-state index in [1.807, 2.05) is 0 Å². The summed E-state index contributed by atoms with van der Waals surface area (Å²) >= 11 is 0. The molecule has 0 saturated carbocycles. The first-order valence-corrected chi connectivity index (χ1v) is 7.23. The third-order valence-electron chi connectivity index (χ3n) is 3.10. The van der Waals surface area contributed by atoms with E-state index in [1.54, 1.807) is 35.3 Å². The number of amides is 1. The van der Waals surface area contributed by atoms with E-state index in [0.717, 1.165) is 6.07 Å². The third-order valence-corrected chi connectivity index (χ3v) is 3.10. The van der Waals surface area contributed by atoms with Crippen molar-refractivity contribution in [2.24, 2.45) is 0 Å². The van der Waals surface area contributed by atoms with Crippen molar-refractivity contribution < 1.29 is 14.1 Å². The highest BCUT2D eigenvalue weighted by Crippen LogP contribution is 2.15. The Kier molecular flexibility index (Phi) is 4.65. The van der Waals surface area contributed by atoms with E-state index in [4.69, 9.17) is 4.42 Å². The van der Waals surface area contributed by atoms with Gasteiger partial charge in [0.05, 0.1) is 6.07 Å². The lowest BCUT2D eigenvalue weighted by molar-refractivity contribution is -0.402. The average Bonchev–Trinajstić information content (AvgIpc) is 3.30. The third kappa shape index (κ3) is 3.96. The van der Waals surface area contributed by atoms with Gasteiger partial charge in [0.2, 0.25) is 0 Å². The van der Waals surface area contributed by atoms with Crippen molar-refractivity contribution in [2.45, 2.75) is 0 Å². The number of carbonyl (C=O) groups excluding carboxylic acids is 1. The molecular weight excluding hydrogens is 330 g/mol. The van der Waals surface area contributed by atoms with Gasteiger partial charge in [-0.15, -0.1) is 10.2 Å². The van der Waals surface area contributed by atoms with E-state index in [0.29, 0.717) is 18.2 Å². The highest BCUT2D eigenvalue weighted by Gasteiger charge is 2.16. The number of carbonyl (C=O) groups is 1. The van der Waals surface area contributed by atoms with Crippen LogP contribution >= 0.6 is 0 Å². The number of rotatable bonds is 7. The van der Waals surface area contributed by atoms with Crippen LogP contribution in [0.3, 0.4) is 0 Å². The maximum atomic E-state index is 11.8. The van der Waals surface area contributed by atoms with Gasteiger partial charge in [-0.3, -0.25) is 14.9 Å². The Morgan fingerprint density at radius 1 is 1.24 bits per heavy atom. The Morgan fingerprint density at radius 2 is 2.12 bits per heavy atom. The van der Waals surface area contributed by atoms with Gasteiger partial charge >= 0.3 is 5.88 Å². The van der Waals surface area contributed by atoms with Gasteiger partial charge in [-0.25, -0.2) is 4.68 Å². The molecule has 1 amide bonds. The first-order valence-electron chi connectivity index (χ1n) is 7.23. The molecule has 2 N–H and O–H groups in total. The van der Waals surface area contributed by atoms with Crippen molar-refractivity contribution in [1.29, 1.82) is 0 Å². The standard InChI is InChI=1S/C14H13N7O4/c22-14(10-2-5-13(25-10)21(23)24)16-8-7-15-11-3-4-12(19-18-11)20-9-1-6-17-20/h1-6,9H,7-8H2,(H,15,18)(H,16,22). The summed E-state index contributed by atoms with van der Waals surface area (Å²) in [6.07, 6.45) is 3.40. The molecule has 0 atom stereocenters. The van der Waals surface area contributed by atoms with Crippen molar-refractivity contribution >= 4 is 17.6 Å². The second-order valence-electron chi connectivity index (χ2n) is 4.81. The lowest BCUT2D eigenvalue weighted by atomic mass is 10.4. The van der Waals surface area contributed by atoms with E-state index in [1.165, 1.54) is 6.07 Å². The summed E-state index contributed by atoms with van der Waals surface area (Å²) in [6, 6.07) is 7.65. The van der Waals surface area contributed by atoms with E-state index in [9.17, 15) is 14.9 Å². The van der Waals surface area contributed by atoms with Crippen molar-refractivity contribution in [2.75, 3.05) is 18.4 Å². The molecule has 0 aliphatic rings. The van der Waals surface area contributed by atoms with Gasteiger partial charge in [0, 0.05) is 25.5 Å². The molecule has 0 bridgehead atoms. The monoisotopic (exact) mass is 343 g/mol. The summed E-state index contributed by atoms with van der Waals surface area (Å²) in [7, 11) is 0. The molecule has 3 aromatic rings. The predicted octanol–water partition coefficient (Wildman–Crippen LogP) is 1.01. The zero-order valence-corrected chi connectivity index (χ0v) is 12.8. The number of nitrogens with zero attached hydrogens (tertiary/aromatic N) is 5. The number of nitrogens with one attached hydrogen (secondary N) is 2. The van der Waals surface area contributed by atoms with Crippen molar-refractivity contribution in [3.63, 3.8) is 0 Å². The second kappa shape index (κ2) is 7.21. The fourth-order valence-electron chi connectivity index (χ4n) is 1.95. The van der Waals surface area contributed by atoms with E-state index >= 15 is 0 Å². The van der Waals surface area contributed by atoms with Crippen LogP contribution in [0.25, 0.3) is 5.82 Å². The Morgan fingerprint density at radius 3 is 2.76 bits per heavy atom. The molecule has 3 rings (SSSR count). The minimum atomic E-state index is -0.704. The highest BCUT2D eigenvalue weighted by atomic mass is 16.6. The van der Waals surface area contributed by atoms with Crippen LogP contribution in [-0.2, 0) is 0 Å². The van der Waals surface area contributed by atoms with Crippen LogP contribution in [0.15, 0.2) is 47.1 Å². The predicted molar refractivity (Wildman–Crippen MR) is 85.3 cm³/mol. The van der Waals surface area contributed by atoms with Crippen molar-refractivity contribution in [3.05, 3.63) is 58.6 Å². The molecule has 11 nitrogen and oxygen atoms in total. The van der Waals surface area contributed by atoms with Crippen molar-refractivity contribution in [3.8, 4) is 5.82 Å². The molecule has 0 fully saturated rings. The first kappa shape index (κ1) is 16.1. The van der Waals surface area contributed by atoms with Gasteiger partial charge in [-0.05, 0) is 24.3 Å². The first-order chi connectivity index (χ1) is 12.1. The normalized spacial score (nSPS) is 10.4. The summed E-state index contributed by atoms with van der Waals surface area (Å²) in [5.74, 6) is 0.00274. The molecule has 3 heterocycles. The lowest BCUT2D eigenvalue weighted by Crippen LogP contribution is -2.28. The largest absolute Gasteiger partial charge is 0.433 e. The van der Waals surface area contributed by atoms with Gasteiger partial charge in [0.1, 0.15) is 10.7 Å². The maximum absolute atomic E-state index is 11.8. The van der Waals surface area contributed by atoms with Crippen LogP contribution in [0, 0.1) is 10.1 Å². The van der Waals surface area contributed by atoms with Crippen LogP contribution in [0.2, 0.25) is 0 Å². The van der Waals surface area contributed by atoms with Crippen LogP contribution in [0.1, 0.15) is 10.6 Å². The van der Waals surface area contributed by atoms with Gasteiger partial charge in [-0.1, -0.05) is 0 Å². The maximum Gasteiger partial charge on any atom is 0.433 e. The van der Waals surface area contributed by atoms with Crippen LogP contribution in [0.4, 0.5) is 11.7 Å². The zero-order chi connectivity index (χ0) is 17.6. The Labute approximate surface area is 140 Å². The Hall–Kier alpha value is -3.76. The fraction of sp³-hybridized carbons (Fsp3) is 0.143. The van der Waals surface area contributed by atoms with Gasteiger partial charge in [0.15, 0.2) is 11.6 Å². The summed E-state index contributed by atoms with van der Waals surface area (Å²) in [4.78, 5) is 21.6. The highest BCUT2D eigenvalue weighted by molar-refractivity contribution is 5.91. The molecule has 0 radical (unpaired) electrons. The van der Waals surface area contributed by atoms with Crippen LogP contribution in [0.5, 0.6) is 0 Å². The van der Waals surface area contributed by atoms with Gasteiger partial charge < -0.3 is 15.1 Å². The van der Waals surface area contributed by atoms with Gasteiger partial charge in [-0.2, -0.15) is 5.10 Å². The SMILES string of the molecule is O=C(NCCNc1ccc(-n2cccn2)nn1)c1ccc([N+](=O)[O-])o1. The summed E-state index contributed by atoms with van der Waals surface area (Å²) in [5, 5.41) is 28.1. The quantitative estimate of drug-likeness (QED) is 0.368. The number of hydrogen-bond donors (Lipinski definition) is 2. The number of anilines is 1. The summed E-state index contributed by atoms with van der Waals surface area (Å²) in [6.45, 7) is 0.667. The molecule has 25 heavy (non-hydrogen) atoms. The number of hydrogen-bond acceptors (Lipinski definition) is 8. The molecule has 11 heteroatoms. The van der Waals surface area contributed by atoms with E-state index < -0.39 is 16.7 Å². The second-order valence-corrected chi connectivity index (χ2v) is 4.81. The topological polar surface area (TPSA) is 141 Å². The Bertz CT molecular complexity index is 858. The molecule has 0 aromatic carbocycles. The molecule has 0 aliphatic carbocycles. The summed E-state index contributed by atoms with van der Waals surface area (Å²) in [5.41, 5.74) is 0. The van der Waals surface area contributed by atoms with Crippen molar-refractivity contribution in [1.82, 2.24) is 25.3 Å². The smallest absolute Gasteiger partial charge is 0.395 e. The minimum Gasteiger partial charge on any atom is -0.395 e. The minimum absolute atomic E-state index is 0.116. The number of furan rings is 1. The molecular formula is C14H13N7O4. The van der Waals surface area contributed by atoms with E-state index in [2.05, 4.69) is 25.9 Å². The average molecular weight is 343 g/mol. The summed E-state index contributed by atoms with van der Waals surface area (Å²) < 4.78 is 6.39. The molecule has 3 aromatic heterocycles. The number of aromatic nitrogens is 4. The number of nitro groups is 1. The molecule has 128 valence electrons. The molecule has 0 saturated heterocycles. The molecule has 0 spiro atoms. The zero-order valence-electron chi connectivity index (χ0n) is 12.8.